The molecule has 146 valence electrons. The molecule has 3 aromatic carbocycles. The van der Waals surface area contributed by atoms with Crippen LogP contribution in [0.15, 0.2) is 78.9 Å². The third-order valence-corrected chi connectivity index (χ3v) is 5.12. The summed E-state index contributed by atoms with van der Waals surface area (Å²) in [4.78, 5) is 19.9. The highest BCUT2D eigenvalue weighted by molar-refractivity contribution is 6.12. The zero-order chi connectivity index (χ0) is 20.7. The van der Waals surface area contributed by atoms with Gasteiger partial charge in [0, 0.05) is 30.9 Å². The van der Waals surface area contributed by atoms with Crippen LogP contribution in [-0.2, 0) is 0 Å². The first-order valence-corrected chi connectivity index (χ1v) is 9.65. The molecule has 2 aromatic heterocycles. The van der Waals surface area contributed by atoms with Gasteiger partial charge in [0.2, 0.25) is 5.78 Å². The van der Waals surface area contributed by atoms with Crippen LogP contribution in [-0.4, -0.2) is 39.5 Å². The van der Waals surface area contributed by atoms with Crippen molar-refractivity contribution in [3.05, 3.63) is 90.1 Å². The molecule has 0 unspecified atom stereocenters. The highest BCUT2D eigenvalue weighted by Crippen LogP contribution is 2.27. The largest absolute Gasteiger partial charge is 0.378 e. The van der Waals surface area contributed by atoms with E-state index in [1.54, 1.807) is 12.1 Å². The van der Waals surface area contributed by atoms with E-state index in [0.29, 0.717) is 22.7 Å². The van der Waals surface area contributed by atoms with Crippen molar-refractivity contribution in [1.29, 1.82) is 0 Å². The molecule has 0 aliphatic rings. The van der Waals surface area contributed by atoms with Gasteiger partial charge in [-0.2, -0.15) is 0 Å². The first-order chi connectivity index (χ1) is 14.6. The molecule has 0 spiro atoms. The van der Waals surface area contributed by atoms with Crippen molar-refractivity contribution in [1.82, 2.24) is 19.6 Å². The minimum absolute atomic E-state index is 0.173. The first-order valence-electron chi connectivity index (χ1n) is 9.65. The molecule has 0 atom stereocenters. The maximum Gasteiger partial charge on any atom is 0.215 e. The Morgan fingerprint density at radius 1 is 0.833 bits per heavy atom. The molecular formula is C24H19N5O. The van der Waals surface area contributed by atoms with E-state index in [9.17, 15) is 4.79 Å². The molecule has 0 aliphatic heterocycles. The van der Waals surface area contributed by atoms with Gasteiger partial charge >= 0.3 is 0 Å². The lowest BCUT2D eigenvalue weighted by Crippen LogP contribution is -2.09. The van der Waals surface area contributed by atoms with Crippen LogP contribution in [0, 0.1) is 0 Å². The highest BCUT2D eigenvalue weighted by Gasteiger charge is 2.21. The van der Waals surface area contributed by atoms with E-state index >= 15 is 0 Å². The summed E-state index contributed by atoms with van der Waals surface area (Å²) in [5, 5.41) is 8.80. The number of fused-ring (bicyclic) bond motifs is 3. The quantitative estimate of drug-likeness (QED) is 0.427. The van der Waals surface area contributed by atoms with Crippen molar-refractivity contribution in [3.8, 4) is 11.4 Å². The number of benzene rings is 3. The minimum Gasteiger partial charge on any atom is -0.378 e. The summed E-state index contributed by atoms with van der Waals surface area (Å²) in [7, 11) is 4.00. The molecule has 0 saturated carbocycles. The normalized spacial score (nSPS) is 11.1. The molecule has 0 bridgehead atoms. The van der Waals surface area contributed by atoms with Crippen molar-refractivity contribution >= 4 is 28.2 Å². The molecule has 6 heteroatoms. The molecule has 5 rings (SSSR count). The topological polar surface area (TPSA) is 63.4 Å². The maximum absolute atomic E-state index is 13.2. The standard InChI is InChI=1S/C24H19N5O/c1-28(2)18-14-12-17(13-15-18)23-26-27-24-21(22(30)16-8-4-3-5-9-16)25-19-10-6-7-11-20(19)29(23)24/h3-15H,1-2H3. The van der Waals surface area contributed by atoms with Gasteiger partial charge in [-0.15, -0.1) is 10.2 Å². The zero-order valence-electron chi connectivity index (χ0n) is 16.6. The Kier molecular flexibility index (Phi) is 4.25. The van der Waals surface area contributed by atoms with Crippen LogP contribution in [0.2, 0.25) is 0 Å². The monoisotopic (exact) mass is 393 g/mol. The summed E-state index contributed by atoms with van der Waals surface area (Å²) in [6.07, 6.45) is 0. The molecule has 0 radical (unpaired) electrons. The Hall–Kier alpha value is -4.06. The molecule has 0 saturated heterocycles. The van der Waals surface area contributed by atoms with Crippen LogP contribution in [0.5, 0.6) is 0 Å². The van der Waals surface area contributed by atoms with Gasteiger partial charge in [-0.25, -0.2) is 4.98 Å². The van der Waals surface area contributed by atoms with Crippen LogP contribution in [0.25, 0.3) is 28.1 Å². The average molecular weight is 393 g/mol. The summed E-state index contributed by atoms with van der Waals surface area (Å²) in [5.74, 6) is 0.504. The van der Waals surface area contributed by atoms with E-state index in [2.05, 4.69) is 15.2 Å². The van der Waals surface area contributed by atoms with Crippen LogP contribution in [0.4, 0.5) is 5.69 Å². The molecule has 2 heterocycles. The van der Waals surface area contributed by atoms with E-state index in [0.717, 1.165) is 22.3 Å². The highest BCUT2D eigenvalue weighted by atomic mass is 16.1. The molecule has 5 aromatic rings. The number of ketones is 1. The number of rotatable bonds is 4. The van der Waals surface area contributed by atoms with Crippen LogP contribution in [0.1, 0.15) is 16.1 Å². The summed E-state index contributed by atoms with van der Waals surface area (Å²) in [6, 6.07) is 25.0. The summed E-state index contributed by atoms with van der Waals surface area (Å²) >= 11 is 0. The Balaban J connectivity index is 1.77. The molecule has 6 nitrogen and oxygen atoms in total. The zero-order valence-corrected chi connectivity index (χ0v) is 16.6. The van der Waals surface area contributed by atoms with E-state index in [4.69, 9.17) is 0 Å². The fraction of sp³-hybridized carbons (Fsp3) is 0.0833. The smallest absolute Gasteiger partial charge is 0.215 e. The fourth-order valence-electron chi connectivity index (χ4n) is 3.56. The fourth-order valence-corrected chi connectivity index (χ4v) is 3.56. The summed E-state index contributed by atoms with van der Waals surface area (Å²) < 4.78 is 1.92. The third kappa shape index (κ3) is 2.90. The van der Waals surface area contributed by atoms with Gasteiger partial charge in [0.05, 0.1) is 11.0 Å². The first kappa shape index (κ1) is 18.0. The van der Waals surface area contributed by atoms with Gasteiger partial charge in [0.25, 0.3) is 0 Å². The predicted octanol–water partition coefficient (Wildman–Crippen LogP) is 4.24. The van der Waals surface area contributed by atoms with Crippen molar-refractivity contribution in [2.75, 3.05) is 19.0 Å². The second-order valence-electron chi connectivity index (χ2n) is 7.27. The van der Waals surface area contributed by atoms with Gasteiger partial charge in [-0.1, -0.05) is 42.5 Å². The molecule has 0 amide bonds. The number of hydrogen-bond donors (Lipinski definition) is 0. The lowest BCUT2D eigenvalue weighted by Gasteiger charge is -2.12. The summed E-state index contributed by atoms with van der Waals surface area (Å²) in [5.41, 5.74) is 4.91. The Labute approximate surface area is 173 Å². The van der Waals surface area contributed by atoms with Crippen LogP contribution < -0.4 is 4.90 Å². The predicted molar refractivity (Wildman–Crippen MR) is 118 cm³/mol. The van der Waals surface area contributed by atoms with Crippen LogP contribution >= 0.6 is 0 Å². The molecule has 0 N–H and O–H groups in total. The second-order valence-corrected chi connectivity index (χ2v) is 7.27. The molecule has 0 fully saturated rings. The number of para-hydroxylation sites is 2. The van der Waals surface area contributed by atoms with E-state index in [1.807, 2.05) is 90.1 Å². The lowest BCUT2D eigenvalue weighted by atomic mass is 10.1. The van der Waals surface area contributed by atoms with Gasteiger partial charge in [0.1, 0.15) is 0 Å². The van der Waals surface area contributed by atoms with E-state index in [-0.39, 0.29) is 5.78 Å². The van der Waals surface area contributed by atoms with Crippen LogP contribution in [0.3, 0.4) is 0 Å². The van der Waals surface area contributed by atoms with Crippen molar-refractivity contribution in [2.45, 2.75) is 0 Å². The molecule has 0 aliphatic carbocycles. The van der Waals surface area contributed by atoms with Gasteiger partial charge in [-0.05, 0) is 36.4 Å². The van der Waals surface area contributed by atoms with Gasteiger partial charge < -0.3 is 4.90 Å². The van der Waals surface area contributed by atoms with Crippen molar-refractivity contribution in [2.24, 2.45) is 0 Å². The number of carbonyl (C=O) groups is 1. The Bertz CT molecular complexity index is 1370. The Morgan fingerprint density at radius 3 is 2.27 bits per heavy atom. The second kappa shape index (κ2) is 7.08. The third-order valence-electron chi connectivity index (χ3n) is 5.12. The van der Waals surface area contributed by atoms with Gasteiger partial charge in [0.15, 0.2) is 17.2 Å². The molecule has 30 heavy (non-hydrogen) atoms. The van der Waals surface area contributed by atoms with E-state index in [1.165, 1.54) is 0 Å². The number of nitrogens with zero attached hydrogens (tertiary/aromatic N) is 5. The van der Waals surface area contributed by atoms with E-state index < -0.39 is 0 Å². The summed E-state index contributed by atoms with van der Waals surface area (Å²) in [6.45, 7) is 0. The van der Waals surface area contributed by atoms with Gasteiger partial charge in [-0.3, -0.25) is 9.20 Å². The number of carbonyl (C=O) groups excluding carboxylic acids is 1. The Morgan fingerprint density at radius 2 is 1.53 bits per heavy atom. The lowest BCUT2D eigenvalue weighted by molar-refractivity contribution is 0.103. The molecular weight excluding hydrogens is 374 g/mol. The number of aromatic nitrogens is 4. The number of hydrogen-bond acceptors (Lipinski definition) is 5. The maximum atomic E-state index is 13.2. The minimum atomic E-state index is -0.173. The van der Waals surface area contributed by atoms with Crippen molar-refractivity contribution < 1.29 is 4.79 Å². The van der Waals surface area contributed by atoms with Crippen molar-refractivity contribution in [3.63, 3.8) is 0 Å². The number of anilines is 1. The SMILES string of the molecule is CN(C)c1ccc(-c2nnc3c(C(=O)c4ccccc4)nc4ccccc4n23)cc1. The average Bonchev–Trinajstić information content (AvgIpc) is 3.24.